The van der Waals surface area contributed by atoms with E-state index in [-0.39, 0.29) is 12.3 Å². The first-order valence-electron chi connectivity index (χ1n) is 4.14. The van der Waals surface area contributed by atoms with Gasteiger partial charge in [-0.3, -0.25) is 0 Å². The van der Waals surface area contributed by atoms with Crippen molar-refractivity contribution >= 4 is 5.95 Å². The highest BCUT2D eigenvalue weighted by atomic mass is 19.3. The highest BCUT2D eigenvalue weighted by Crippen LogP contribution is 2.13. The third-order valence-corrected chi connectivity index (χ3v) is 1.84. The van der Waals surface area contributed by atoms with Crippen molar-refractivity contribution in [1.29, 1.82) is 0 Å². The van der Waals surface area contributed by atoms with Gasteiger partial charge in [-0.15, -0.1) is 0 Å². The summed E-state index contributed by atoms with van der Waals surface area (Å²) in [6.45, 7) is 2.27. The van der Waals surface area contributed by atoms with Crippen LogP contribution < -0.4 is 5.73 Å². The Kier molecular flexibility index (Phi) is 3.22. The summed E-state index contributed by atoms with van der Waals surface area (Å²) in [7, 11) is 0. The molecule has 13 heavy (non-hydrogen) atoms. The van der Waals surface area contributed by atoms with Crippen molar-refractivity contribution in [2.24, 2.45) is 5.92 Å². The molecular weight excluding hydrogens is 176 g/mol. The zero-order valence-electron chi connectivity index (χ0n) is 7.45. The summed E-state index contributed by atoms with van der Waals surface area (Å²) in [4.78, 5) is 3.80. The van der Waals surface area contributed by atoms with Gasteiger partial charge in [0.15, 0.2) is 5.95 Å². The smallest absolute Gasteiger partial charge is 0.239 e. The van der Waals surface area contributed by atoms with Crippen LogP contribution >= 0.6 is 0 Å². The summed E-state index contributed by atoms with van der Waals surface area (Å²) in [6, 6.07) is 0. The first-order valence-corrected chi connectivity index (χ1v) is 4.14. The van der Waals surface area contributed by atoms with Crippen LogP contribution in [0, 0.1) is 5.92 Å². The van der Waals surface area contributed by atoms with Gasteiger partial charge in [-0.25, -0.2) is 13.8 Å². The van der Waals surface area contributed by atoms with Crippen molar-refractivity contribution < 1.29 is 8.78 Å². The Morgan fingerprint density at radius 3 is 2.77 bits per heavy atom. The van der Waals surface area contributed by atoms with Crippen LogP contribution in [0.25, 0.3) is 0 Å². The number of rotatable bonds is 4. The SMILES string of the molecule is CC(CC(F)F)Cn1ccnc1N. The van der Waals surface area contributed by atoms with Gasteiger partial charge in [0.05, 0.1) is 0 Å². The molecule has 0 spiro atoms. The molecule has 0 bridgehead atoms. The van der Waals surface area contributed by atoms with Crippen LogP contribution in [0.4, 0.5) is 14.7 Å². The number of imidazole rings is 1. The van der Waals surface area contributed by atoms with E-state index in [9.17, 15) is 8.78 Å². The molecular formula is C8H13F2N3. The number of alkyl halides is 2. The number of aromatic nitrogens is 2. The number of hydrogen-bond donors (Lipinski definition) is 1. The largest absolute Gasteiger partial charge is 0.369 e. The van der Waals surface area contributed by atoms with Crippen molar-refractivity contribution in [3.8, 4) is 0 Å². The van der Waals surface area contributed by atoms with Gasteiger partial charge >= 0.3 is 0 Å². The van der Waals surface area contributed by atoms with Crippen LogP contribution in [0.5, 0.6) is 0 Å². The number of hydrogen-bond acceptors (Lipinski definition) is 2. The molecule has 1 atom stereocenters. The molecule has 0 saturated carbocycles. The first-order chi connectivity index (χ1) is 6.09. The molecule has 0 aliphatic carbocycles. The van der Waals surface area contributed by atoms with E-state index in [1.165, 1.54) is 0 Å². The van der Waals surface area contributed by atoms with Crippen LogP contribution in [-0.4, -0.2) is 16.0 Å². The number of nitrogens with two attached hydrogens (primary N) is 1. The normalized spacial score (nSPS) is 13.5. The molecule has 74 valence electrons. The van der Waals surface area contributed by atoms with Crippen molar-refractivity contribution in [2.75, 3.05) is 5.73 Å². The van der Waals surface area contributed by atoms with Crippen LogP contribution in [0.15, 0.2) is 12.4 Å². The maximum atomic E-state index is 12.0. The molecule has 0 fully saturated rings. The Hall–Kier alpha value is -1.13. The third-order valence-electron chi connectivity index (χ3n) is 1.84. The standard InChI is InChI=1S/C8H13F2N3/c1-6(4-7(9)10)5-13-3-2-12-8(13)11/h2-3,6-7H,4-5H2,1H3,(H2,11,12). The summed E-state index contributed by atoms with van der Waals surface area (Å²) in [6.07, 6.45) is 0.902. The zero-order valence-corrected chi connectivity index (χ0v) is 7.45. The molecule has 0 aromatic carbocycles. The fourth-order valence-corrected chi connectivity index (χ4v) is 1.21. The molecule has 5 heteroatoms. The Balaban J connectivity index is 2.45. The second kappa shape index (κ2) is 4.20. The van der Waals surface area contributed by atoms with Gasteiger partial charge in [0.25, 0.3) is 0 Å². The third kappa shape index (κ3) is 3.01. The monoisotopic (exact) mass is 189 g/mol. The lowest BCUT2D eigenvalue weighted by Gasteiger charge is -2.11. The minimum absolute atomic E-state index is 0.0866. The van der Waals surface area contributed by atoms with Gasteiger partial charge in [0, 0.05) is 25.4 Å². The zero-order chi connectivity index (χ0) is 9.84. The van der Waals surface area contributed by atoms with Crippen LogP contribution in [-0.2, 0) is 6.54 Å². The van der Waals surface area contributed by atoms with Crippen LogP contribution in [0.3, 0.4) is 0 Å². The van der Waals surface area contributed by atoms with Gasteiger partial charge in [-0.05, 0) is 5.92 Å². The Morgan fingerprint density at radius 2 is 2.31 bits per heavy atom. The Labute approximate surface area is 75.6 Å². The van der Waals surface area contributed by atoms with Crippen LogP contribution in [0.2, 0.25) is 0 Å². The van der Waals surface area contributed by atoms with Gasteiger partial charge in [-0.1, -0.05) is 6.92 Å². The highest BCUT2D eigenvalue weighted by molar-refractivity contribution is 5.16. The van der Waals surface area contributed by atoms with Gasteiger partial charge < -0.3 is 10.3 Å². The molecule has 1 aromatic heterocycles. The molecule has 1 aromatic rings. The molecule has 1 heterocycles. The predicted molar refractivity (Wildman–Crippen MR) is 46.4 cm³/mol. The fraction of sp³-hybridized carbons (Fsp3) is 0.625. The van der Waals surface area contributed by atoms with E-state index >= 15 is 0 Å². The second-order valence-corrected chi connectivity index (χ2v) is 3.17. The summed E-state index contributed by atoms with van der Waals surface area (Å²) in [5.41, 5.74) is 5.48. The molecule has 0 amide bonds. The van der Waals surface area contributed by atoms with E-state index in [2.05, 4.69) is 4.98 Å². The fourth-order valence-electron chi connectivity index (χ4n) is 1.21. The maximum Gasteiger partial charge on any atom is 0.239 e. The minimum Gasteiger partial charge on any atom is -0.369 e. The summed E-state index contributed by atoms with van der Waals surface area (Å²) in [5, 5.41) is 0. The number of nitrogen functional groups attached to an aromatic ring is 1. The molecule has 0 aliphatic rings. The van der Waals surface area contributed by atoms with Gasteiger partial charge in [0.1, 0.15) is 0 Å². The second-order valence-electron chi connectivity index (χ2n) is 3.17. The number of halogens is 2. The lowest BCUT2D eigenvalue weighted by molar-refractivity contribution is 0.114. The summed E-state index contributed by atoms with van der Waals surface area (Å²) < 4.78 is 25.6. The van der Waals surface area contributed by atoms with E-state index in [0.717, 1.165) is 0 Å². The molecule has 2 N–H and O–H groups in total. The summed E-state index contributed by atoms with van der Waals surface area (Å²) in [5.74, 6) is 0.289. The average molecular weight is 189 g/mol. The Bertz CT molecular complexity index is 260. The molecule has 0 radical (unpaired) electrons. The van der Waals surface area contributed by atoms with E-state index < -0.39 is 6.43 Å². The van der Waals surface area contributed by atoms with Crippen LogP contribution in [0.1, 0.15) is 13.3 Å². The van der Waals surface area contributed by atoms with Crippen molar-refractivity contribution in [1.82, 2.24) is 9.55 Å². The van der Waals surface area contributed by atoms with Crippen molar-refractivity contribution in [3.63, 3.8) is 0 Å². The number of anilines is 1. The van der Waals surface area contributed by atoms with Gasteiger partial charge in [0.2, 0.25) is 6.43 Å². The highest BCUT2D eigenvalue weighted by Gasteiger charge is 2.11. The maximum absolute atomic E-state index is 12.0. The molecule has 0 aliphatic heterocycles. The van der Waals surface area contributed by atoms with Crippen molar-refractivity contribution in [3.05, 3.63) is 12.4 Å². The topological polar surface area (TPSA) is 43.8 Å². The summed E-state index contributed by atoms with van der Waals surface area (Å²) >= 11 is 0. The van der Waals surface area contributed by atoms with E-state index in [1.807, 2.05) is 0 Å². The minimum atomic E-state index is -2.25. The van der Waals surface area contributed by atoms with E-state index in [4.69, 9.17) is 5.73 Å². The average Bonchev–Trinajstić information content (AvgIpc) is 2.34. The Morgan fingerprint density at radius 1 is 1.62 bits per heavy atom. The lowest BCUT2D eigenvalue weighted by Crippen LogP contribution is -2.12. The molecule has 0 saturated heterocycles. The molecule has 3 nitrogen and oxygen atoms in total. The van der Waals surface area contributed by atoms with Crippen molar-refractivity contribution in [2.45, 2.75) is 26.3 Å². The molecule has 1 unspecified atom stereocenters. The molecule has 1 rings (SSSR count). The lowest BCUT2D eigenvalue weighted by atomic mass is 10.1. The predicted octanol–water partition coefficient (Wildman–Crippen LogP) is 1.76. The quantitative estimate of drug-likeness (QED) is 0.784. The first kappa shape index (κ1) is 9.95. The van der Waals surface area contributed by atoms with E-state index in [1.54, 1.807) is 23.9 Å². The van der Waals surface area contributed by atoms with Gasteiger partial charge in [-0.2, -0.15) is 0 Å². The number of nitrogens with zero attached hydrogens (tertiary/aromatic N) is 2. The van der Waals surface area contributed by atoms with E-state index in [0.29, 0.717) is 12.5 Å².